The van der Waals surface area contributed by atoms with E-state index >= 15 is 0 Å². The maximum Gasteiger partial charge on any atom is 0.272 e. The molecule has 1 aliphatic heterocycles. The second-order valence-electron chi connectivity index (χ2n) is 7.57. The number of nitrogens with one attached hydrogen (secondary N) is 1. The van der Waals surface area contributed by atoms with Gasteiger partial charge in [-0.25, -0.2) is 0 Å². The summed E-state index contributed by atoms with van der Waals surface area (Å²) < 4.78 is 0. The van der Waals surface area contributed by atoms with Crippen molar-refractivity contribution >= 4 is 11.6 Å². The third kappa shape index (κ3) is 4.06. The highest BCUT2D eigenvalue weighted by molar-refractivity contribution is 5.87. The molecule has 2 N–H and O–H groups in total. The number of carbonyl (C=O) groups excluding carboxylic acids is 1. The van der Waals surface area contributed by atoms with E-state index in [0.717, 1.165) is 16.8 Å². The molecule has 1 atom stereocenters. The molecule has 0 saturated heterocycles. The van der Waals surface area contributed by atoms with Gasteiger partial charge in [0, 0.05) is 6.42 Å². The predicted molar refractivity (Wildman–Crippen MR) is 106 cm³/mol. The number of hydrogen-bond donors (Lipinski definition) is 2. The van der Waals surface area contributed by atoms with Crippen molar-refractivity contribution in [2.75, 3.05) is 0 Å². The quantitative estimate of drug-likeness (QED) is 0.789. The Bertz CT molecular complexity index is 808. The normalized spacial score (nSPS) is 20.9. The lowest BCUT2D eigenvalue weighted by atomic mass is 9.84. The van der Waals surface area contributed by atoms with Crippen LogP contribution < -0.4 is 5.32 Å². The van der Waals surface area contributed by atoms with Crippen molar-refractivity contribution in [3.63, 3.8) is 0 Å². The number of benzene rings is 2. The highest BCUT2D eigenvalue weighted by atomic mass is 16.5. The fourth-order valence-electron chi connectivity index (χ4n) is 4.15. The van der Waals surface area contributed by atoms with E-state index in [1.807, 2.05) is 30.3 Å². The first-order chi connectivity index (χ1) is 13.2. The predicted octanol–water partition coefficient (Wildman–Crippen LogP) is 4.47. The number of rotatable bonds is 4. The summed E-state index contributed by atoms with van der Waals surface area (Å²) in [6, 6.07) is 17.9. The van der Waals surface area contributed by atoms with E-state index in [0.29, 0.717) is 17.4 Å². The highest BCUT2D eigenvalue weighted by Crippen LogP contribution is 2.33. The number of amides is 1. The SMILES string of the molecule is O=C1C(Cc2ccccc2)NC(c2ccc(C3CCCCC3)cc2)=CN1O. The van der Waals surface area contributed by atoms with Gasteiger partial charge < -0.3 is 5.32 Å². The Kier molecular flexibility index (Phi) is 5.26. The molecule has 1 amide bonds. The maximum atomic E-state index is 12.3. The zero-order valence-electron chi connectivity index (χ0n) is 15.5. The molecule has 4 nitrogen and oxygen atoms in total. The lowest BCUT2D eigenvalue weighted by molar-refractivity contribution is -0.157. The first kappa shape index (κ1) is 17.8. The Morgan fingerprint density at radius 1 is 0.963 bits per heavy atom. The molecular weight excluding hydrogens is 336 g/mol. The monoisotopic (exact) mass is 362 g/mol. The largest absolute Gasteiger partial charge is 0.372 e. The van der Waals surface area contributed by atoms with Crippen LogP contribution >= 0.6 is 0 Å². The number of nitrogens with zero attached hydrogens (tertiary/aromatic N) is 1. The Hall–Kier alpha value is -2.59. The molecule has 1 saturated carbocycles. The van der Waals surface area contributed by atoms with Gasteiger partial charge in [0.2, 0.25) is 0 Å². The molecule has 4 heteroatoms. The first-order valence-electron chi connectivity index (χ1n) is 9.85. The third-order valence-corrected chi connectivity index (χ3v) is 5.69. The minimum Gasteiger partial charge on any atom is -0.372 e. The summed E-state index contributed by atoms with van der Waals surface area (Å²) in [6.07, 6.45) is 8.56. The summed E-state index contributed by atoms with van der Waals surface area (Å²) in [5.41, 5.74) is 4.21. The second kappa shape index (κ2) is 7.97. The van der Waals surface area contributed by atoms with Crippen molar-refractivity contribution in [3.8, 4) is 0 Å². The second-order valence-corrected chi connectivity index (χ2v) is 7.57. The van der Waals surface area contributed by atoms with Crippen LogP contribution in [0.2, 0.25) is 0 Å². The molecule has 0 aromatic heterocycles. The molecule has 27 heavy (non-hydrogen) atoms. The molecule has 140 valence electrons. The molecule has 4 rings (SSSR count). The van der Waals surface area contributed by atoms with E-state index in [-0.39, 0.29) is 5.91 Å². The maximum absolute atomic E-state index is 12.3. The molecule has 0 bridgehead atoms. The lowest BCUT2D eigenvalue weighted by Crippen LogP contribution is -2.48. The van der Waals surface area contributed by atoms with Gasteiger partial charge in [-0.3, -0.25) is 10.0 Å². The Morgan fingerprint density at radius 3 is 2.37 bits per heavy atom. The van der Waals surface area contributed by atoms with Gasteiger partial charge in [0.05, 0.1) is 11.9 Å². The van der Waals surface area contributed by atoms with Gasteiger partial charge in [0.1, 0.15) is 6.04 Å². The number of hydrogen-bond acceptors (Lipinski definition) is 3. The van der Waals surface area contributed by atoms with Crippen molar-refractivity contribution in [2.24, 2.45) is 0 Å². The fraction of sp³-hybridized carbons (Fsp3) is 0.348. The van der Waals surface area contributed by atoms with E-state index < -0.39 is 6.04 Å². The average Bonchev–Trinajstić information content (AvgIpc) is 2.73. The van der Waals surface area contributed by atoms with Crippen LogP contribution in [0.15, 0.2) is 60.8 Å². The van der Waals surface area contributed by atoms with Crippen molar-refractivity contribution in [1.82, 2.24) is 10.4 Å². The van der Waals surface area contributed by atoms with E-state index in [2.05, 4.69) is 29.6 Å². The number of hydroxylamine groups is 2. The van der Waals surface area contributed by atoms with Crippen LogP contribution in [0.3, 0.4) is 0 Å². The number of carbonyl (C=O) groups is 1. The smallest absolute Gasteiger partial charge is 0.272 e. The minimum atomic E-state index is -0.476. The van der Waals surface area contributed by atoms with Gasteiger partial charge in [-0.05, 0) is 35.4 Å². The van der Waals surface area contributed by atoms with Crippen LogP contribution in [0.1, 0.15) is 54.7 Å². The highest BCUT2D eigenvalue weighted by Gasteiger charge is 2.29. The molecule has 2 aromatic rings. The lowest BCUT2D eigenvalue weighted by Gasteiger charge is -2.29. The van der Waals surface area contributed by atoms with Gasteiger partial charge in [-0.15, -0.1) is 0 Å². The van der Waals surface area contributed by atoms with Crippen LogP contribution in [0.4, 0.5) is 0 Å². The summed E-state index contributed by atoms with van der Waals surface area (Å²) in [5.74, 6) is 0.337. The summed E-state index contributed by atoms with van der Waals surface area (Å²) >= 11 is 0. The van der Waals surface area contributed by atoms with Crippen LogP contribution in [-0.4, -0.2) is 22.2 Å². The van der Waals surface area contributed by atoms with E-state index in [1.54, 1.807) is 0 Å². The van der Waals surface area contributed by atoms with Crippen LogP contribution in [0.25, 0.3) is 5.70 Å². The van der Waals surface area contributed by atoms with Crippen molar-refractivity contribution in [3.05, 3.63) is 77.5 Å². The van der Waals surface area contributed by atoms with Crippen LogP contribution in [0.5, 0.6) is 0 Å². The molecule has 1 unspecified atom stereocenters. The van der Waals surface area contributed by atoms with Crippen LogP contribution in [0, 0.1) is 0 Å². The van der Waals surface area contributed by atoms with E-state index in [4.69, 9.17) is 0 Å². The van der Waals surface area contributed by atoms with Gasteiger partial charge in [0.15, 0.2) is 0 Å². The van der Waals surface area contributed by atoms with E-state index in [1.165, 1.54) is 43.9 Å². The van der Waals surface area contributed by atoms with Gasteiger partial charge in [0.25, 0.3) is 5.91 Å². The average molecular weight is 362 g/mol. The molecule has 0 spiro atoms. The fourth-order valence-corrected chi connectivity index (χ4v) is 4.15. The molecule has 1 heterocycles. The van der Waals surface area contributed by atoms with Crippen LogP contribution in [-0.2, 0) is 11.2 Å². The summed E-state index contributed by atoms with van der Waals surface area (Å²) in [7, 11) is 0. The summed E-state index contributed by atoms with van der Waals surface area (Å²) in [4.78, 5) is 12.3. The molecule has 1 fully saturated rings. The van der Waals surface area contributed by atoms with Gasteiger partial charge >= 0.3 is 0 Å². The topological polar surface area (TPSA) is 52.6 Å². The van der Waals surface area contributed by atoms with Crippen molar-refractivity contribution in [1.29, 1.82) is 0 Å². The van der Waals surface area contributed by atoms with Crippen molar-refractivity contribution in [2.45, 2.75) is 50.5 Å². The zero-order chi connectivity index (χ0) is 18.6. The molecule has 1 aliphatic carbocycles. The first-order valence-corrected chi connectivity index (χ1v) is 9.85. The Morgan fingerprint density at radius 2 is 1.67 bits per heavy atom. The molecule has 0 radical (unpaired) electrons. The zero-order valence-corrected chi connectivity index (χ0v) is 15.5. The molecule has 2 aromatic carbocycles. The van der Waals surface area contributed by atoms with Gasteiger partial charge in [-0.1, -0.05) is 73.9 Å². The summed E-state index contributed by atoms with van der Waals surface area (Å²) in [6.45, 7) is 0. The Balaban J connectivity index is 1.50. The van der Waals surface area contributed by atoms with E-state index in [9.17, 15) is 10.0 Å². The van der Waals surface area contributed by atoms with Gasteiger partial charge in [-0.2, -0.15) is 5.06 Å². The molecule has 2 aliphatic rings. The van der Waals surface area contributed by atoms with Crippen molar-refractivity contribution < 1.29 is 10.0 Å². The molecular formula is C23H26N2O2. The minimum absolute atomic E-state index is 0.332. The third-order valence-electron chi connectivity index (χ3n) is 5.69. The summed E-state index contributed by atoms with van der Waals surface area (Å²) in [5, 5.41) is 14.1. The standard InChI is InChI=1S/C23H26N2O2/c26-23-21(15-17-7-3-1-4-8-17)24-22(16-25(23)27)20-13-11-19(12-14-20)18-9-5-2-6-10-18/h1,3-4,7-8,11-14,16,18,21,24,27H,2,5-6,9-10,15H2. The Labute approximate surface area is 160 Å².